The van der Waals surface area contributed by atoms with Gasteiger partial charge in [-0.05, 0) is 25.0 Å². The zero-order valence-electron chi connectivity index (χ0n) is 9.78. The van der Waals surface area contributed by atoms with E-state index in [1.807, 2.05) is 0 Å². The Hall–Kier alpha value is -1.56. The third-order valence-corrected chi connectivity index (χ3v) is 5.56. The van der Waals surface area contributed by atoms with Crippen LogP contribution >= 0.6 is 0 Å². The Kier molecular flexibility index (Phi) is 2.55. The van der Waals surface area contributed by atoms with Crippen LogP contribution in [0.3, 0.4) is 0 Å². The van der Waals surface area contributed by atoms with Gasteiger partial charge in [-0.15, -0.1) is 0 Å². The molecule has 2 aromatic heterocycles. The van der Waals surface area contributed by atoms with Crippen LogP contribution in [0.4, 0.5) is 0 Å². The van der Waals surface area contributed by atoms with Crippen LogP contribution in [0.5, 0.6) is 5.75 Å². The van der Waals surface area contributed by atoms with Gasteiger partial charge in [0.25, 0.3) is 0 Å². The number of hydrogen-bond donors (Lipinski definition) is 1. The lowest BCUT2D eigenvalue weighted by Gasteiger charge is -2.20. The van der Waals surface area contributed by atoms with Crippen molar-refractivity contribution in [1.29, 1.82) is 0 Å². The minimum Gasteiger partial charge on any atom is -0.506 e. The molecule has 5 nitrogen and oxygen atoms in total. The van der Waals surface area contributed by atoms with Crippen LogP contribution in [0.1, 0.15) is 30.2 Å². The highest BCUT2D eigenvalue weighted by Gasteiger charge is 2.32. The van der Waals surface area contributed by atoms with Gasteiger partial charge < -0.3 is 9.51 Å². The van der Waals surface area contributed by atoms with Crippen LogP contribution in [0.25, 0.3) is 5.65 Å². The fourth-order valence-corrected chi connectivity index (χ4v) is 4.34. The van der Waals surface area contributed by atoms with E-state index in [9.17, 15) is 13.5 Å². The molecule has 2 aromatic rings. The SMILES string of the molecule is O=S1(=O)CCCCC1c1cn2cc(O)ccc2n1. The number of pyridine rings is 1. The molecule has 1 aliphatic heterocycles. The topological polar surface area (TPSA) is 71.7 Å². The van der Waals surface area contributed by atoms with E-state index in [1.165, 1.54) is 6.20 Å². The van der Waals surface area contributed by atoms with Crippen molar-refractivity contribution in [2.24, 2.45) is 0 Å². The van der Waals surface area contributed by atoms with Crippen LogP contribution in [0.15, 0.2) is 24.5 Å². The lowest BCUT2D eigenvalue weighted by atomic mass is 10.1. The summed E-state index contributed by atoms with van der Waals surface area (Å²) in [4.78, 5) is 4.35. The lowest BCUT2D eigenvalue weighted by molar-refractivity contribution is 0.472. The maximum atomic E-state index is 12.0. The van der Waals surface area contributed by atoms with E-state index >= 15 is 0 Å². The van der Waals surface area contributed by atoms with Gasteiger partial charge in [-0.25, -0.2) is 13.4 Å². The molecule has 1 atom stereocenters. The predicted molar refractivity (Wildman–Crippen MR) is 67.2 cm³/mol. The molecular weight excluding hydrogens is 252 g/mol. The highest BCUT2D eigenvalue weighted by Crippen LogP contribution is 2.33. The van der Waals surface area contributed by atoms with Gasteiger partial charge in [0.1, 0.15) is 16.6 Å². The summed E-state index contributed by atoms with van der Waals surface area (Å²) in [6.07, 6.45) is 5.53. The molecule has 0 saturated carbocycles. The summed E-state index contributed by atoms with van der Waals surface area (Å²) in [6.45, 7) is 0. The number of fused-ring (bicyclic) bond motifs is 1. The number of sulfone groups is 1. The van der Waals surface area contributed by atoms with Crippen molar-refractivity contribution < 1.29 is 13.5 Å². The standard InChI is InChI=1S/C12H14N2O3S/c15-9-4-5-12-13-10(8-14(12)7-9)11-3-1-2-6-18(11,16)17/h4-5,7-8,11,15H,1-3,6H2. The maximum absolute atomic E-state index is 12.0. The highest BCUT2D eigenvalue weighted by atomic mass is 32.2. The van der Waals surface area contributed by atoms with E-state index in [4.69, 9.17) is 0 Å². The van der Waals surface area contributed by atoms with Gasteiger partial charge in [0.05, 0.1) is 17.6 Å². The van der Waals surface area contributed by atoms with Gasteiger partial charge in [0.2, 0.25) is 0 Å². The van der Waals surface area contributed by atoms with Crippen molar-refractivity contribution in [3.05, 3.63) is 30.2 Å². The molecule has 96 valence electrons. The monoisotopic (exact) mass is 266 g/mol. The fraction of sp³-hybridized carbons (Fsp3) is 0.417. The first-order chi connectivity index (χ1) is 8.56. The van der Waals surface area contributed by atoms with E-state index in [0.717, 1.165) is 12.8 Å². The number of nitrogens with zero attached hydrogens (tertiary/aromatic N) is 2. The largest absolute Gasteiger partial charge is 0.506 e. The summed E-state index contributed by atoms with van der Waals surface area (Å²) in [7, 11) is -3.07. The molecular formula is C12H14N2O3S. The van der Waals surface area contributed by atoms with Crippen LogP contribution in [-0.4, -0.2) is 28.7 Å². The molecule has 1 fully saturated rings. The van der Waals surface area contributed by atoms with E-state index in [-0.39, 0.29) is 11.5 Å². The molecule has 3 heterocycles. The van der Waals surface area contributed by atoms with Gasteiger partial charge in [-0.1, -0.05) is 6.42 Å². The smallest absolute Gasteiger partial charge is 0.158 e. The second-order valence-electron chi connectivity index (χ2n) is 4.67. The fourth-order valence-electron chi connectivity index (χ4n) is 2.44. The Balaban J connectivity index is 2.08. The second-order valence-corrected chi connectivity index (χ2v) is 6.97. The van der Waals surface area contributed by atoms with E-state index in [1.54, 1.807) is 22.7 Å². The first-order valence-corrected chi connectivity index (χ1v) is 7.67. The normalized spacial score (nSPS) is 23.2. The molecule has 0 bridgehead atoms. The van der Waals surface area contributed by atoms with Crippen LogP contribution in [-0.2, 0) is 9.84 Å². The molecule has 0 spiro atoms. The molecule has 1 unspecified atom stereocenters. The van der Waals surface area contributed by atoms with Crippen LogP contribution in [0, 0.1) is 0 Å². The maximum Gasteiger partial charge on any atom is 0.158 e. The number of hydrogen-bond acceptors (Lipinski definition) is 4. The van der Waals surface area contributed by atoms with E-state index < -0.39 is 15.1 Å². The van der Waals surface area contributed by atoms with Crippen molar-refractivity contribution in [3.63, 3.8) is 0 Å². The third-order valence-electron chi connectivity index (χ3n) is 3.36. The molecule has 0 radical (unpaired) electrons. The minimum absolute atomic E-state index is 0.137. The molecule has 1 aliphatic rings. The molecule has 1 N–H and O–H groups in total. The summed E-state index contributed by atoms with van der Waals surface area (Å²) in [5.41, 5.74) is 1.24. The number of rotatable bonds is 1. The molecule has 6 heteroatoms. The molecule has 1 saturated heterocycles. The molecule has 0 aromatic carbocycles. The first kappa shape index (κ1) is 11.5. The lowest BCUT2D eigenvalue weighted by Crippen LogP contribution is -2.21. The van der Waals surface area contributed by atoms with Crippen LogP contribution < -0.4 is 0 Å². The Morgan fingerprint density at radius 2 is 2.11 bits per heavy atom. The third kappa shape index (κ3) is 1.86. The summed E-state index contributed by atoms with van der Waals surface area (Å²) in [5.74, 6) is 0.384. The van der Waals surface area contributed by atoms with Gasteiger partial charge >= 0.3 is 0 Å². The number of aromatic nitrogens is 2. The van der Waals surface area contributed by atoms with Gasteiger partial charge in [0, 0.05) is 6.20 Å². The summed E-state index contributed by atoms with van der Waals surface area (Å²) >= 11 is 0. The molecule has 3 rings (SSSR count). The first-order valence-electron chi connectivity index (χ1n) is 5.95. The van der Waals surface area contributed by atoms with Crippen molar-refractivity contribution >= 4 is 15.5 Å². The Morgan fingerprint density at radius 1 is 1.28 bits per heavy atom. The van der Waals surface area contributed by atoms with E-state index in [2.05, 4.69) is 4.98 Å². The predicted octanol–water partition coefficient (Wildman–Crippen LogP) is 1.68. The Morgan fingerprint density at radius 3 is 2.89 bits per heavy atom. The zero-order valence-corrected chi connectivity index (χ0v) is 10.6. The van der Waals surface area contributed by atoms with Gasteiger partial charge in [-0.3, -0.25) is 0 Å². The number of aromatic hydroxyl groups is 1. The molecule has 0 amide bonds. The summed E-state index contributed by atoms with van der Waals surface area (Å²) in [6, 6.07) is 3.22. The average Bonchev–Trinajstić information content (AvgIpc) is 2.70. The van der Waals surface area contributed by atoms with Gasteiger partial charge in [0.15, 0.2) is 9.84 Å². The summed E-state index contributed by atoms with van der Waals surface area (Å²) in [5, 5.41) is 8.89. The highest BCUT2D eigenvalue weighted by molar-refractivity contribution is 7.91. The Labute approximate surface area is 105 Å². The molecule has 0 aliphatic carbocycles. The van der Waals surface area contributed by atoms with Crippen LogP contribution in [0.2, 0.25) is 0 Å². The van der Waals surface area contributed by atoms with Gasteiger partial charge in [-0.2, -0.15) is 0 Å². The minimum atomic E-state index is -3.07. The quantitative estimate of drug-likeness (QED) is 0.852. The second kappa shape index (κ2) is 3.98. The average molecular weight is 266 g/mol. The molecule has 18 heavy (non-hydrogen) atoms. The summed E-state index contributed by atoms with van der Waals surface area (Å²) < 4.78 is 25.7. The number of imidazole rings is 1. The van der Waals surface area contributed by atoms with Crippen molar-refractivity contribution in [2.45, 2.75) is 24.5 Å². The zero-order chi connectivity index (χ0) is 12.8. The van der Waals surface area contributed by atoms with Crippen molar-refractivity contribution in [1.82, 2.24) is 9.38 Å². The van der Waals surface area contributed by atoms with Crippen molar-refractivity contribution in [3.8, 4) is 5.75 Å². The van der Waals surface area contributed by atoms with E-state index in [0.29, 0.717) is 17.8 Å². The Bertz CT molecular complexity index is 690. The van der Waals surface area contributed by atoms with Crippen molar-refractivity contribution in [2.75, 3.05) is 5.75 Å².